The average Bonchev–Trinajstić information content (AvgIpc) is 3.30. The van der Waals surface area contributed by atoms with Gasteiger partial charge in [0.1, 0.15) is 5.76 Å². The first-order valence-electron chi connectivity index (χ1n) is 8.41. The van der Waals surface area contributed by atoms with Crippen molar-refractivity contribution in [2.75, 3.05) is 0 Å². The van der Waals surface area contributed by atoms with Crippen LogP contribution in [-0.2, 0) is 12.3 Å². The molecule has 136 valence electrons. The summed E-state index contributed by atoms with van der Waals surface area (Å²) in [6.07, 6.45) is 1.88. The Hall–Kier alpha value is -3.13. The summed E-state index contributed by atoms with van der Waals surface area (Å²) in [5.41, 5.74) is 2.21. The Morgan fingerprint density at radius 1 is 1.19 bits per heavy atom. The smallest absolute Gasteiger partial charge is 0.252 e. The molecule has 7 nitrogen and oxygen atoms in total. The minimum absolute atomic E-state index is 0.153. The normalized spacial score (nSPS) is 11.0. The standard InChI is InChI=1S/C19H17N5O2S/c1-13-10-14(26-23-13)12-27-16-7-3-2-6-15(16)19(25)20-11-18-22-21-17-8-4-5-9-24(17)18/h2-10H,11-12H2,1H3,(H,20,25). The van der Waals surface area contributed by atoms with Crippen LogP contribution in [0, 0.1) is 6.92 Å². The van der Waals surface area contributed by atoms with Gasteiger partial charge in [0.05, 0.1) is 23.6 Å². The van der Waals surface area contributed by atoms with Crippen molar-refractivity contribution in [1.29, 1.82) is 0 Å². The number of thioether (sulfide) groups is 1. The first kappa shape index (κ1) is 17.3. The van der Waals surface area contributed by atoms with Gasteiger partial charge in [0.15, 0.2) is 11.5 Å². The second-order valence-corrected chi connectivity index (χ2v) is 6.96. The van der Waals surface area contributed by atoms with Gasteiger partial charge in [0.2, 0.25) is 0 Å². The predicted molar refractivity (Wildman–Crippen MR) is 101 cm³/mol. The number of fused-ring (bicyclic) bond motifs is 1. The summed E-state index contributed by atoms with van der Waals surface area (Å²) in [5.74, 6) is 1.92. The third-order valence-corrected chi connectivity index (χ3v) is 5.07. The van der Waals surface area contributed by atoms with Crippen LogP contribution in [0.25, 0.3) is 5.65 Å². The van der Waals surface area contributed by atoms with Crippen LogP contribution in [-0.4, -0.2) is 25.7 Å². The number of rotatable bonds is 6. The van der Waals surface area contributed by atoms with E-state index in [-0.39, 0.29) is 5.91 Å². The summed E-state index contributed by atoms with van der Waals surface area (Å²) >= 11 is 1.54. The highest BCUT2D eigenvalue weighted by Crippen LogP contribution is 2.26. The SMILES string of the molecule is Cc1cc(CSc2ccccc2C(=O)NCc2nnc3ccccn23)on1. The number of nitrogens with zero attached hydrogens (tertiary/aromatic N) is 4. The van der Waals surface area contributed by atoms with E-state index in [1.54, 1.807) is 0 Å². The van der Waals surface area contributed by atoms with Gasteiger partial charge in [-0.3, -0.25) is 9.20 Å². The van der Waals surface area contributed by atoms with Gasteiger partial charge in [-0.2, -0.15) is 0 Å². The molecule has 0 saturated heterocycles. The highest BCUT2D eigenvalue weighted by Gasteiger charge is 2.13. The number of nitrogens with one attached hydrogen (secondary N) is 1. The zero-order valence-corrected chi connectivity index (χ0v) is 15.4. The van der Waals surface area contributed by atoms with Crippen molar-refractivity contribution in [2.45, 2.75) is 24.1 Å². The molecule has 1 aromatic carbocycles. The van der Waals surface area contributed by atoms with Crippen LogP contribution in [0.3, 0.4) is 0 Å². The molecule has 0 aliphatic heterocycles. The van der Waals surface area contributed by atoms with Gasteiger partial charge >= 0.3 is 0 Å². The Morgan fingerprint density at radius 3 is 2.89 bits per heavy atom. The van der Waals surface area contributed by atoms with E-state index in [0.717, 1.165) is 22.0 Å². The van der Waals surface area contributed by atoms with E-state index in [9.17, 15) is 4.79 Å². The highest BCUT2D eigenvalue weighted by atomic mass is 32.2. The Kier molecular flexibility index (Phi) is 4.88. The molecule has 0 aliphatic rings. The monoisotopic (exact) mass is 379 g/mol. The molecular formula is C19H17N5O2S. The number of hydrogen-bond donors (Lipinski definition) is 1. The summed E-state index contributed by atoms with van der Waals surface area (Å²) < 4.78 is 7.09. The number of benzene rings is 1. The van der Waals surface area contributed by atoms with Gasteiger partial charge in [-0.25, -0.2) is 0 Å². The fourth-order valence-electron chi connectivity index (χ4n) is 2.68. The van der Waals surface area contributed by atoms with E-state index in [1.165, 1.54) is 11.8 Å². The van der Waals surface area contributed by atoms with Crippen molar-refractivity contribution in [2.24, 2.45) is 0 Å². The summed E-state index contributed by atoms with van der Waals surface area (Å²) in [5, 5.41) is 15.0. The van der Waals surface area contributed by atoms with Crippen molar-refractivity contribution < 1.29 is 9.32 Å². The van der Waals surface area contributed by atoms with Gasteiger partial charge in [-0.1, -0.05) is 23.4 Å². The molecule has 4 aromatic rings. The quantitative estimate of drug-likeness (QED) is 0.518. The van der Waals surface area contributed by atoms with Crippen LogP contribution < -0.4 is 5.32 Å². The maximum absolute atomic E-state index is 12.7. The molecule has 3 heterocycles. The third-order valence-electron chi connectivity index (χ3n) is 3.97. The summed E-state index contributed by atoms with van der Waals surface area (Å²) in [6, 6.07) is 15.1. The van der Waals surface area contributed by atoms with Gasteiger partial charge in [0, 0.05) is 17.2 Å². The summed E-state index contributed by atoms with van der Waals surface area (Å²) in [7, 11) is 0. The van der Waals surface area contributed by atoms with Crippen LogP contribution in [0.2, 0.25) is 0 Å². The van der Waals surface area contributed by atoms with E-state index >= 15 is 0 Å². The van der Waals surface area contributed by atoms with Crippen LogP contribution in [0.4, 0.5) is 0 Å². The Labute approximate surface area is 159 Å². The van der Waals surface area contributed by atoms with Crippen molar-refractivity contribution in [3.8, 4) is 0 Å². The molecular weight excluding hydrogens is 362 g/mol. The average molecular weight is 379 g/mol. The molecule has 0 spiro atoms. The van der Waals surface area contributed by atoms with Crippen LogP contribution in [0.15, 0.2) is 64.1 Å². The molecule has 8 heteroatoms. The minimum atomic E-state index is -0.153. The highest BCUT2D eigenvalue weighted by molar-refractivity contribution is 7.98. The van der Waals surface area contributed by atoms with Crippen LogP contribution in [0.5, 0.6) is 0 Å². The lowest BCUT2D eigenvalue weighted by atomic mass is 10.2. The van der Waals surface area contributed by atoms with Crippen LogP contribution >= 0.6 is 11.8 Å². The van der Waals surface area contributed by atoms with Gasteiger partial charge in [-0.05, 0) is 31.2 Å². The van der Waals surface area contributed by atoms with Gasteiger partial charge in [-0.15, -0.1) is 22.0 Å². The lowest BCUT2D eigenvalue weighted by molar-refractivity contribution is 0.0947. The van der Waals surface area contributed by atoms with E-state index in [4.69, 9.17) is 4.52 Å². The van der Waals surface area contributed by atoms with E-state index in [1.807, 2.05) is 66.1 Å². The lowest BCUT2D eigenvalue weighted by Crippen LogP contribution is -2.24. The summed E-state index contributed by atoms with van der Waals surface area (Å²) in [6.45, 7) is 2.18. The molecule has 0 aliphatic carbocycles. The van der Waals surface area contributed by atoms with E-state index in [2.05, 4.69) is 20.7 Å². The molecule has 0 bridgehead atoms. The van der Waals surface area contributed by atoms with E-state index < -0.39 is 0 Å². The number of pyridine rings is 1. The predicted octanol–water partition coefficient (Wildman–Crippen LogP) is 3.25. The second kappa shape index (κ2) is 7.63. The van der Waals surface area contributed by atoms with Crippen LogP contribution in [0.1, 0.15) is 27.6 Å². The molecule has 4 rings (SSSR count). The summed E-state index contributed by atoms with van der Waals surface area (Å²) in [4.78, 5) is 13.6. The molecule has 0 atom stereocenters. The number of carbonyl (C=O) groups excluding carboxylic acids is 1. The largest absolute Gasteiger partial charge is 0.360 e. The molecule has 27 heavy (non-hydrogen) atoms. The Balaban J connectivity index is 1.45. The number of aromatic nitrogens is 4. The fraction of sp³-hybridized carbons (Fsp3) is 0.158. The van der Waals surface area contributed by atoms with Crippen molar-refractivity contribution in [3.05, 3.63) is 77.6 Å². The first-order valence-corrected chi connectivity index (χ1v) is 9.40. The van der Waals surface area contributed by atoms with Crippen molar-refractivity contribution >= 4 is 23.3 Å². The van der Waals surface area contributed by atoms with Gasteiger partial charge in [0.25, 0.3) is 5.91 Å². The maximum atomic E-state index is 12.7. The molecule has 1 amide bonds. The van der Waals surface area contributed by atoms with Crippen molar-refractivity contribution in [1.82, 2.24) is 25.1 Å². The topological polar surface area (TPSA) is 85.3 Å². The molecule has 1 N–H and O–H groups in total. The number of aryl methyl sites for hydroxylation is 1. The third kappa shape index (κ3) is 3.85. The van der Waals surface area contributed by atoms with E-state index in [0.29, 0.717) is 23.7 Å². The molecule has 0 unspecified atom stereocenters. The lowest BCUT2D eigenvalue weighted by Gasteiger charge is -2.09. The zero-order chi connectivity index (χ0) is 18.6. The number of hydrogen-bond acceptors (Lipinski definition) is 6. The second-order valence-electron chi connectivity index (χ2n) is 5.95. The van der Waals surface area contributed by atoms with Crippen molar-refractivity contribution in [3.63, 3.8) is 0 Å². The Bertz CT molecular complexity index is 1090. The number of carbonyl (C=O) groups is 1. The molecule has 3 aromatic heterocycles. The zero-order valence-electron chi connectivity index (χ0n) is 14.6. The first-order chi connectivity index (χ1) is 13.2. The molecule has 0 fully saturated rings. The minimum Gasteiger partial charge on any atom is -0.360 e. The van der Waals surface area contributed by atoms with Gasteiger partial charge < -0.3 is 9.84 Å². The fourth-order valence-corrected chi connectivity index (χ4v) is 3.60. The molecule has 0 saturated carbocycles. The molecule has 0 radical (unpaired) electrons. The maximum Gasteiger partial charge on any atom is 0.252 e. The Morgan fingerprint density at radius 2 is 2.04 bits per heavy atom. The number of amides is 1.